The molecule has 0 bridgehead atoms. The van der Waals surface area contributed by atoms with Crippen LogP contribution in [0.25, 0.3) is 0 Å². The number of likely N-dealkylation sites (tertiary alicyclic amines) is 1. The number of hydrogen-bond acceptors (Lipinski definition) is 5. The Kier molecular flexibility index (Phi) is 5.92. The van der Waals surface area contributed by atoms with Crippen molar-refractivity contribution >= 4 is 11.9 Å². The number of allylic oxidation sites excluding steroid dienone is 3. The van der Waals surface area contributed by atoms with Crippen LogP contribution in [0.15, 0.2) is 36.3 Å². The van der Waals surface area contributed by atoms with Gasteiger partial charge in [0.15, 0.2) is 0 Å². The summed E-state index contributed by atoms with van der Waals surface area (Å²) in [6.07, 6.45) is 13.0. The predicted octanol–water partition coefficient (Wildman–Crippen LogP) is 3.10. The molecule has 0 N–H and O–H groups in total. The fourth-order valence-electron chi connectivity index (χ4n) is 4.03. The van der Waals surface area contributed by atoms with Gasteiger partial charge in [-0.15, -0.1) is 0 Å². The molecule has 1 aliphatic carbocycles. The Morgan fingerprint density at radius 1 is 1.33 bits per heavy atom. The number of carbonyl (C=O) groups is 2. The van der Waals surface area contributed by atoms with E-state index in [1.54, 1.807) is 11.8 Å². The molecule has 2 aliphatic heterocycles. The Hall–Kier alpha value is -2.24. The number of carbonyl (C=O) groups excluding carboxylic acids is 2. The lowest BCUT2D eigenvalue weighted by atomic mass is 9.80. The standard InChI is InChI=1S/C21H29NO5/c1-3-26-19(24)20(2)10-7-11-22(15-20)18(23)21(16-25-12-13-27-21)14-17-8-5-4-6-9-17/h4-5,8,12-13H,3,6-7,9-11,14-16H2,1-2H3. The molecule has 3 aliphatic rings. The van der Waals surface area contributed by atoms with Gasteiger partial charge in [-0.05, 0) is 39.5 Å². The number of hydrogen-bond donors (Lipinski definition) is 0. The van der Waals surface area contributed by atoms with Gasteiger partial charge in [-0.3, -0.25) is 9.59 Å². The molecular formula is C21H29NO5. The van der Waals surface area contributed by atoms with Crippen molar-refractivity contribution in [2.45, 2.75) is 51.6 Å². The molecule has 27 heavy (non-hydrogen) atoms. The van der Waals surface area contributed by atoms with E-state index in [9.17, 15) is 9.59 Å². The zero-order valence-electron chi connectivity index (χ0n) is 16.2. The molecule has 148 valence electrons. The van der Waals surface area contributed by atoms with Crippen molar-refractivity contribution in [1.82, 2.24) is 4.90 Å². The summed E-state index contributed by atoms with van der Waals surface area (Å²) in [6.45, 7) is 5.16. The summed E-state index contributed by atoms with van der Waals surface area (Å²) in [7, 11) is 0. The molecule has 1 fully saturated rings. The average molecular weight is 375 g/mol. The fraction of sp³-hybridized carbons (Fsp3) is 0.619. The quantitative estimate of drug-likeness (QED) is 0.691. The van der Waals surface area contributed by atoms with Crippen LogP contribution in [0.5, 0.6) is 0 Å². The normalized spacial score (nSPS) is 30.1. The minimum absolute atomic E-state index is 0.113. The van der Waals surface area contributed by atoms with Crippen LogP contribution in [0.1, 0.15) is 46.0 Å². The smallest absolute Gasteiger partial charge is 0.313 e. The topological polar surface area (TPSA) is 65.1 Å². The van der Waals surface area contributed by atoms with Crippen molar-refractivity contribution in [3.63, 3.8) is 0 Å². The van der Waals surface area contributed by atoms with Gasteiger partial charge in [0, 0.05) is 19.5 Å². The number of piperidine rings is 1. The molecule has 0 spiro atoms. The molecule has 0 saturated carbocycles. The van der Waals surface area contributed by atoms with Crippen LogP contribution < -0.4 is 0 Å². The number of amides is 1. The maximum atomic E-state index is 13.5. The highest BCUT2D eigenvalue weighted by molar-refractivity contribution is 5.87. The molecule has 1 amide bonds. The van der Waals surface area contributed by atoms with Crippen molar-refractivity contribution in [2.75, 3.05) is 26.3 Å². The first-order valence-corrected chi connectivity index (χ1v) is 9.75. The first-order chi connectivity index (χ1) is 13.0. The van der Waals surface area contributed by atoms with Gasteiger partial charge in [-0.2, -0.15) is 0 Å². The number of esters is 1. The maximum absolute atomic E-state index is 13.5. The Morgan fingerprint density at radius 3 is 2.85 bits per heavy atom. The van der Waals surface area contributed by atoms with Crippen LogP contribution in [0.4, 0.5) is 0 Å². The summed E-state index contributed by atoms with van der Waals surface area (Å²) in [5, 5.41) is 0. The molecule has 1 saturated heterocycles. The lowest BCUT2D eigenvalue weighted by Crippen LogP contribution is -2.58. The summed E-state index contributed by atoms with van der Waals surface area (Å²) >= 11 is 0. The highest BCUT2D eigenvalue weighted by Gasteiger charge is 2.49. The minimum atomic E-state index is -1.07. The van der Waals surface area contributed by atoms with Crippen LogP contribution in [0.3, 0.4) is 0 Å². The van der Waals surface area contributed by atoms with Gasteiger partial charge in [0.25, 0.3) is 5.91 Å². The van der Waals surface area contributed by atoms with E-state index < -0.39 is 11.0 Å². The molecular weight excluding hydrogens is 346 g/mol. The van der Waals surface area contributed by atoms with E-state index >= 15 is 0 Å². The van der Waals surface area contributed by atoms with Crippen molar-refractivity contribution in [1.29, 1.82) is 0 Å². The molecule has 0 aromatic rings. The predicted molar refractivity (Wildman–Crippen MR) is 101 cm³/mol. The summed E-state index contributed by atoms with van der Waals surface area (Å²) in [6, 6.07) is 0. The second kappa shape index (κ2) is 8.19. The van der Waals surface area contributed by atoms with Gasteiger partial charge in [-0.1, -0.05) is 23.8 Å². The van der Waals surface area contributed by atoms with E-state index in [0.29, 0.717) is 26.1 Å². The van der Waals surface area contributed by atoms with E-state index in [-0.39, 0.29) is 18.5 Å². The minimum Gasteiger partial charge on any atom is -0.493 e. The monoisotopic (exact) mass is 375 g/mol. The zero-order valence-corrected chi connectivity index (χ0v) is 16.2. The van der Waals surface area contributed by atoms with Gasteiger partial charge in [0.1, 0.15) is 19.1 Å². The van der Waals surface area contributed by atoms with Crippen LogP contribution in [-0.4, -0.2) is 48.7 Å². The molecule has 2 unspecified atom stereocenters. The first kappa shape index (κ1) is 19.5. The van der Waals surface area contributed by atoms with E-state index in [0.717, 1.165) is 25.7 Å². The Morgan fingerprint density at radius 2 is 2.19 bits per heavy atom. The van der Waals surface area contributed by atoms with Gasteiger partial charge in [0.05, 0.1) is 12.0 Å². The van der Waals surface area contributed by atoms with Gasteiger partial charge in [-0.25, -0.2) is 0 Å². The Bertz CT molecular complexity index is 667. The largest absolute Gasteiger partial charge is 0.493 e. The molecule has 0 aromatic heterocycles. The third-order valence-electron chi connectivity index (χ3n) is 5.52. The van der Waals surface area contributed by atoms with E-state index in [4.69, 9.17) is 14.2 Å². The van der Waals surface area contributed by atoms with Crippen molar-refractivity contribution in [3.8, 4) is 0 Å². The lowest BCUT2D eigenvalue weighted by molar-refractivity contribution is -0.169. The highest BCUT2D eigenvalue weighted by atomic mass is 16.6. The number of rotatable bonds is 5. The first-order valence-electron chi connectivity index (χ1n) is 9.75. The maximum Gasteiger partial charge on any atom is 0.313 e. The summed E-state index contributed by atoms with van der Waals surface area (Å²) in [5.41, 5.74) is -0.572. The molecule has 3 rings (SSSR count). The Labute approximate surface area is 160 Å². The molecule has 0 radical (unpaired) electrons. The molecule has 6 nitrogen and oxygen atoms in total. The third kappa shape index (κ3) is 4.20. The van der Waals surface area contributed by atoms with Crippen molar-refractivity contribution in [3.05, 3.63) is 36.3 Å². The highest BCUT2D eigenvalue weighted by Crippen LogP contribution is 2.35. The van der Waals surface area contributed by atoms with Gasteiger partial charge >= 0.3 is 5.97 Å². The molecule has 6 heteroatoms. The summed E-state index contributed by atoms with van der Waals surface area (Å²) < 4.78 is 16.6. The summed E-state index contributed by atoms with van der Waals surface area (Å²) in [5.74, 6) is -0.352. The Balaban J connectivity index is 1.79. The SMILES string of the molecule is CCOC(=O)C1(C)CCCN(C(=O)C2(CC3=CC=CCC3)COC=CO2)C1. The van der Waals surface area contributed by atoms with Gasteiger partial charge < -0.3 is 19.1 Å². The average Bonchev–Trinajstić information content (AvgIpc) is 2.69. The zero-order chi connectivity index (χ0) is 19.3. The fourth-order valence-corrected chi connectivity index (χ4v) is 4.03. The third-order valence-corrected chi connectivity index (χ3v) is 5.52. The van der Waals surface area contributed by atoms with Crippen molar-refractivity contribution in [2.24, 2.45) is 5.41 Å². The number of nitrogens with zero attached hydrogens (tertiary/aromatic N) is 1. The van der Waals surface area contributed by atoms with Crippen molar-refractivity contribution < 1.29 is 23.8 Å². The second-order valence-corrected chi connectivity index (χ2v) is 7.78. The number of ether oxygens (including phenoxy) is 3. The van der Waals surface area contributed by atoms with Crippen LogP contribution in [0, 0.1) is 5.41 Å². The van der Waals surface area contributed by atoms with Crippen LogP contribution in [0.2, 0.25) is 0 Å². The molecule has 2 heterocycles. The van der Waals surface area contributed by atoms with E-state index in [1.807, 2.05) is 13.0 Å². The van der Waals surface area contributed by atoms with Crippen LogP contribution in [-0.2, 0) is 23.8 Å². The van der Waals surface area contributed by atoms with Gasteiger partial charge in [0.2, 0.25) is 5.60 Å². The summed E-state index contributed by atoms with van der Waals surface area (Å²) in [4.78, 5) is 27.7. The lowest BCUT2D eigenvalue weighted by Gasteiger charge is -2.43. The molecule has 2 atom stereocenters. The van der Waals surface area contributed by atoms with E-state index in [2.05, 4.69) is 12.2 Å². The van der Waals surface area contributed by atoms with E-state index in [1.165, 1.54) is 18.1 Å². The molecule has 0 aromatic carbocycles. The second-order valence-electron chi connectivity index (χ2n) is 7.78. The van der Waals surface area contributed by atoms with Crippen LogP contribution >= 0.6 is 0 Å².